The highest BCUT2D eigenvalue weighted by Crippen LogP contribution is 2.09. The zero-order valence-corrected chi connectivity index (χ0v) is 12.1. The summed E-state index contributed by atoms with van der Waals surface area (Å²) < 4.78 is 0. The van der Waals surface area contributed by atoms with Crippen molar-refractivity contribution in [1.29, 1.82) is 0 Å². The molecule has 3 nitrogen and oxygen atoms in total. The Morgan fingerprint density at radius 2 is 1.85 bits per heavy atom. The molecule has 0 saturated heterocycles. The molecule has 0 unspecified atom stereocenters. The van der Waals surface area contributed by atoms with Crippen LogP contribution in [0.4, 0.5) is 0 Å². The molecule has 0 atom stereocenters. The topological polar surface area (TPSA) is 36.4 Å². The molecule has 0 aliphatic rings. The zero-order valence-electron chi connectivity index (χ0n) is 11.4. The number of benzene rings is 1. The first-order valence-electron chi connectivity index (χ1n) is 6.75. The molecule has 1 heterocycles. The SMILES string of the molecule is OCCN(CCc1ccccc1)Cc1ccc(Cl)cn1. The van der Waals surface area contributed by atoms with E-state index in [1.165, 1.54) is 5.56 Å². The van der Waals surface area contributed by atoms with E-state index in [1.807, 2.05) is 30.3 Å². The number of aliphatic hydroxyl groups excluding tert-OH is 1. The van der Waals surface area contributed by atoms with Crippen molar-refractivity contribution in [2.45, 2.75) is 13.0 Å². The zero-order chi connectivity index (χ0) is 14.2. The molecule has 2 rings (SSSR count). The predicted molar refractivity (Wildman–Crippen MR) is 81.8 cm³/mol. The first kappa shape index (κ1) is 15.0. The molecule has 0 aliphatic carbocycles. The van der Waals surface area contributed by atoms with E-state index in [0.29, 0.717) is 11.6 Å². The lowest BCUT2D eigenvalue weighted by atomic mass is 10.1. The molecule has 0 bridgehead atoms. The first-order valence-corrected chi connectivity index (χ1v) is 7.13. The summed E-state index contributed by atoms with van der Waals surface area (Å²) in [4.78, 5) is 6.50. The van der Waals surface area contributed by atoms with E-state index >= 15 is 0 Å². The van der Waals surface area contributed by atoms with Gasteiger partial charge in [-0.1, -0.05) is 41.9 Å². The van der Waals surface area contributed by atoms with Crippen LogP contribution in [-0.4, -0.2) is 34.7 Å². The van der Waals surface area contributed by atoms with E-state index in [0.717, 1.165) is 25.2 Å². The number of hydrogen-bond donors (Lipinski definition) is 1. The van der Waals surface area contributed by atoms with Gasteiger partial charge in [0, 0.05) is 25.8 Å². The number of aromatic nitrogens is 1. The third-order valence-corrected chi connectivity index (χ3v) is 3.37. The van der Waals surface area contributed by atoms with Gasteiger partial charge in [0.25, 0.3) is 0 Å². The Hall–Kier alpha value is -1.42. The molecular weight excluding hydrogens is 272 g/mol. The third kappa shape index (κ3) is 4.93. The van der Waals surface area contributed by atoms with Crippen molar-refractivity contribution < 1.29 is 5.11 Å². The molecule has 1 aromatic heterocycles. The Morgan fingerprint density at radius 1 is 1.05 bits per heavy atom. The van der Waals surface area contributed by atoms with Crippen molar-refractivity contribution in [3.8, 4) is 0 Å². The maximum Gasteiger partial charge on any atom is 0.0589 e. The number of aliphatic hydroxyl groups is 1. The molecule has 20 heavy (non-hydrogen) atoms. The summed E-state index contributed by atoms with van der Waals surface area (Å²) in [6.45, 7) is 2.43. The Kier molecular flexibility index (Phi) is 5.99. The standard InChI is InChI=1S/C16H19ClN2O/c17-15-6-7-16(18-12-15)13-19(10-11-20)9-8-14-4-2-1-3-5-14/h1-7,12,20H,8-11,13H2. The minimum atomic E-state index is 0.155. The fraction of sp³-hybridized carbons (Fsp3) is 0.312. The minimum Gasteiger partial charge on any atom is -0.395 e. The van der Waals surface area contributed by atoms with Gasteiger partial charge in [0.2, 0.25) is 0 Å². The van der Waals surface area contributed by atoms with Crippen molar-refractivity contribution in [2.75, 3.05) is 19.7 Å². The average molecular weight is 291 g/mol. The second-order valence-corrected chi connectivity index (χ2v) is 5.14. The maximum atomic E-state index is 9.17. The van der Waals surface area contributed by atoms with Crippen LogP contribution in [0.3, 0.4) is 0 Å². The van der Waals surface area contributed by atoms with Crippen LogP contribution in [-0.2, 0) is 13.0 Å². The Labute approximate surface area is 124 Å². The van der Waals surface area contributed by atoms with Crippen LogP contribution < -0.4 is 0 Å². The summed E-state index contributed by atoms with van der Waals surface area (Å²) in [7, 11) is 0. The minimum absolute atomic E-state index is 0.155. The molecule has 0 saturated carbocycles. The van der Waals surface area contributed by atoms with Gasteiger partial charge in [0.15, 0.2) is 0 Å². The largest absolute Gasteiger partial charge is 0.395 e. The van der Waals surface area contributed by atoms with E-state index in [9.17, 15) is 5.11 Å². The molecule has 2 aromatic rings. The lowest BCUT2D eigenvalue weighted by Crippen LogP contribution is -2.29. The highest BCUT2D eigenvalue weighted by Gasteiger charge is 2.07. The number of pyridine rings is 1. The summed E-state index contributed by atoms with van der Waals surface area (Å²) in [5.74, 6) is 0. The summed E-state index contributed by atoms with van der Waals surface area (Å²) in [5.41, 5.74) is 2.27. The fourth-order valence-electron chi connectivity index (χ4n) is 2.07. The number of nitrogens with zero attached hydrogens (tertiary/aromatic N) is 2. The summed E-state index contributed by atoms with van der Waals surface area (Å²) in [6.07, 6.45) is 2.62. The molecule has 1 N–H and O–H groups in total. The summed E-state index contributed by atoms with van der Waals surface area (Å²) >= 11 is 5.83. The normalized spacial score (nSPS) is 10.9. The van der Waals surface area contributed by atoms with Gasteiger partial charge in [-0.15, -0.1) is 0 Å². The van der Waals surface area contributed by atoms with Crippen LogP contribution in [0.25, 0.3) is 0 Å². The highest BCUT2D eigenvalue weighted by atomic mass is 35.5. The van der Waals surface area contributed by atoms with Crippen molar-refractivity contribution in [3.05, 3.63) is 64.9 Å². The van der Waals surface area contributed by atoms with Gasteiger partial charge in [-0.05, 0) is 24.1 Å². The molecule has 4 heteroatoms. The number of halogens is 1. The van der Waals surface area contributed by atoms with Crippen LogP contribution in [0.15, 0.2) is 48.7 Å². The maximum absolute atomic E-state index is 9.17. The average Bonchev–Trinajstić information content (AvgIpc) is 2.48. The van der Waals surface area contributed by atoms with E-state index in [1.54, 1.807) is 6.20 Å². The monoisotopic (exact) mass is 290 g/mol. The molecule has 0 fully saturated rings. The fourth-order valence-corrected chi connectivity index (χ4v) is 2.18. The summed E-state index contributed by atoms with van der Waals surface area (Å²) in [6, 6.07) is 14.1. The number of rotatable bonds is 7. The van der Waals surface area contributed by atoms with E-state index in [4.69, 9.17) is 11.6 Å². The number of hydrogen-bond acceptors (Lipinski definition) is 3. The molecule has 0 aliphatic heterocycles. The molecular formula is C16H19ClN2O. The van der Waals surface area contributed by atoms with Crippen molar-refractivity contribution in [2.24, 2.45) is 0 Å². The first-order chi connectivity index (χ1) is 9.78. The van der Waals surface area contributed by atoms with Gasteiger partial charge >= 0.3 is 0 Å². The summed E-state index contributed by atoms with van der Waals surface area (Å²) in [5, 5.41) is 9.82. The lowest BCUT2D eigenvalue weighted by molar-refractivity contribution is 0.190. The Bertz CT molecular complexity index is 502. The van der Waals surface area contributed by atoms with Crippen molar-refractivity contribution >= 4 is 11.6 Å². The second kappa shape index (κ2) is 8.00. The Balaban J connectivity index is 1.91. The molecule has 106 valence electrons. The van der Waals surface area contributed by atoms with E-state index < -0.39 is 0 Å². The van der Waals surface area contributed by atoms with Gasteiger partial charge in [-0.3, -0.25) is 9.88 Å². The highest BCUT2D eigenvalue weighted by molar-refractivity contribution is 6.30. The van der Waals surface area contributed by atoms with Gasteiger partial charge in [-0.2, -0.15) is 0 Å². The van der Waals surface area contributed by atoms with E-state index in [-0.39, 0.29) is 6.61 Å². The lowest BCUT2D eigenvalue weighted by Gasteiger charge is -2.20. The quantitative estimate of drug-likeness (QED) is 0.852. The van der Waals surface area contributed by atoms with Crippen molar-refractivity contribution in [1.82, 2.24) is 9.88 Å². The molecule has 0 amide bonds. The van der Waals surface area contributed by atoms with Crippen LogP contribution in [0, 0.1) is 0 Å². The molecule has 0 radical (unpaired) electrons. The van der Waals surface area contributed by atoms with Gasteiger partial charge in [0.1, 0.15) is 0 Å². The third-order valence-electron chi connectivity index (χ3n) is 3.15. The van der Waals surface area contributed by atoms with Gasteiger partial charge < -0.3 is 5.11 Å². The van der Waals surface area contributed by atoms with Crippen LogP contribution in [0.2, 0.25) is 5.02 Å². The molecule has 1 aromatic carbocycles. The van der Waals surface area contributed by atoms with Gasteiger partial charge in [-0.25, -0.2) is 0 Å². The predicted octanol–water partition coefficient (Wildman–Crippen LogP) is 2.77. The van der Waals surface area contributed by atoms with Crippen LogP contribution >= 0.6 is 11.6 Å². The van der Waals surface area contributed by atoms with E-state index in [2.05, 4.69) is 22.0 Å². The van der Waals surface area contributed by atoms with Crippen LogP contribution in [0.1, 0.15) is 11.3 Å². The van der Waals surface area contributed by atoms with Crippen LogP contribution in [0.5, 0.6) is 0 Å². The smallest absolute Gasteiger partial charge is 0.0589 e. The van der Waals surface area contributed by atoms with Gasteiger partial charge in [0.05, 0.1) is 17.3 Å². The van der Waals surface area contributed by atoms with Crippen molar-refractivity contribution in [3.63, 3.8) is 0 Å². The Morgan fingerprint density at radius 3 is 2.50 bits per heavy atom. The second-order valence-electron chi connectivity index (χ2n) is 4.70. The molecule has 0 spiro atoms.